The lowest BCUT2D eigenvalue weighted by Gasteiger charge is -2.29. The number of nitriles is 3. The minimum atomic E-state index is 0.202. The van der Waals surface area contributed by atoms with E-state index in [2.05, 4.69) is 432 Å². The van der Waals surface area contributed by atoms with Crippen molar-refractivity contribution in [2.24, 2.45) is 0 Å². The summed E-state index contributed by atoms with van der Waals surface area (Å²) in [6, 6.07) is 139. The molecule has 0 N–H and O–H groups in total. The summed E-state index contributed by atoms with van der Waals surface area (Å²) in [5.41, 5.74) is 37.9. The van der Waals surface area contributed by atoms with Gasteiger partial charge in [0, 0.05) is 48.7 Å². The summed E-state index contributed by atoms with van der Waals surface area (Å²) in [6.07, 6.45) is 0. The van der Waals surface area contributed by atoms with Crippen molar-refractivity contribution in [2.45, 2.75) is 55.4 Å². The van der Waals surface area contributed by atoms with Crippen molar-refractivity contribution in [3.8, 4) is 141 Å². The summed E-state index contributed by atoms with van der Waals surface area (Å²) in [7, 11) is 0. The van der Waals surface area contributed by atoms with Crippen molar-refractivity contribution in [2.75, 3.05) is 0 Å². The summed E-state index contributed by atoms with van der Waals surface area (Å²) in [5.74, 6) is 0. The van der Waals surface area contributed by atoms with E-state index in [0.717, 1.165) is 176 Å². The number of aromatic nitrogens is 4. The van der Waals surface area contributed by atoms with E-state index < -0.39 is 0 Å². The maximum absolute atomic E-state index is 14.2. The molecule has 0 fully saturated rings. The smallest absolute Gasteiger partial charge is 0.104 e. The largest absolute Gasteiger partial charge is 0.306 e. The van der Waals surface area contributed by atoms with Crippen LogP contribution in [0.3, 0.4) is 0 Å². The van der Waals surface area contributed by atoms with Gasteiger partial charge in [-0.15, -0.1) is 0 Å². The lowest BCUT2D eigenvalue weighted by Crippen LogP contribution is -2.16. The predicted molar refractivity (Wildman–Crippen MR) is 525 cm³/mol. The van der Waals surface area contributed by atoms with Gasteiger partial charge in [0.1, 0.15) is 23.8 Å². The van der Waals surface area contributed by atoms with Crippen LogP contribution in [0, 0.1) is 89.4 Å². The van der Waals surface area contributed by atoms with Crippen molar-refractivity contribution in [3.05, 3.63) is 419 Å². The molecule has 0 unspecified atom stereocenters. The van der Waals surface area contributed by atoms with Gasteiger partial charge in [-0.25, -0.2) is 0 Å². The Kier molecular flexibility index (Phi) is 18.1. The van der Waals surface area contributed by atoms with E-state index in [0.29, 0.717) is 39.4 Å². The average molecular weight is 1610 g/mol. The van der Waals surface area contributed by atoms with E-state index in [9.17, 15) is 15.8 Å². The molecule has 7 nitrogen and oxygen atoms in total. The summed E-state index contributed by atoms with van der Waals surface area (Å²) >= 11 is 0. The van der Waals surface area contributed by atoms with Crippen molar-refractivity contribution < 1.29 is 0 Å². The number of nitrogens with zero attached hydrogens (tertiary/aromatic N) is 7. The molecule has 0 saturated carbocycles. The van der Waals surface area contributed by atoms with Crippen molar-refractivity contribution in [3.63, 3.8) is 0 Å². The van der Waals surface area contributed by atoms with Crippen LogP contribution < -0.4 is 0 Å². The third kappa shape index (κ3) is 12.7. The predicted octanol–water partition coefficient (Wildman–Crippen LogP) is 31.2. The van der Waals surface area contributed by atoms with Crippen LogP contribution in [0.25, 0.3) is 210 Å². The molecular weight excluding hydrogens is 1530 g/mol. The highest BCUT2D eigenvalue weighted by atomic mass is 15.1. The first-order chi connectivity index (χ1) is 61.6. The Hall–Kier alpha value is -16.4. The molecule has 0 aliphatic rings. The second kappa shape index (κ2) is 30.1. The Labute approximate surface area is 731 Å². The van der Waals surface area contributed by atoms with E-state index in [-0.39, 0.29) is 11.1 Å². The first kappa shape index (κ1) is 75.8. The minimum absolute atomic E-state index is 0.202. The van der Waals surface area contributed by atoms with Crippen molar-refractivity contribution in [1.29, 1.82) is 15.8 Å². The number of benzene rings is 18. The van der Waals surface area contributed by atoms with E-state index in [1.807, 2.05) is 18.2 Å². The second-order valence-corrected chi connectivity index (χ2v) is 34.4. The monoisotopic (exact) mass is 1610 g/mol. The molecule has 0 saturated heterocycles. The lowest BCUT2D eigenvalue weighted by molar-refractivity contribution is 1.04. The van der Waals surface area contributed by atoms with Crippen molar-refractivity contribution in [1.82, 2.24) is 18.3 Å². The maximum Gasteiger partial charge on any atom is 0.104 e. The SMILES string of the molecule is Cc1ccc(-c2ccc3c(c2)c2cc(-c4ccc(C)cc4)ccc2n3-c2c(C#N)c(-n3c4ccc(-c5ccc(C)cc5)cc4c4cc(-c5ccc(C)cc5)ccc43)c(-n3c4ccc(-c5ccc(C)cc5)cc4c4cc(-c5ccc(C)cc5)ccc43)c(-c3ccc(C#N)c(C#N)c3)c2-n2c3ccc(-c4ccc(C)cc4)cc3c3cc(-c4ccc(C)cc4)ccc32)cc1. The Morgan fingerprint density at radius 1 is 0.159 bits per heavy atom. The number of rotatable bonds is 13. The molecule has 0 radical (unpaired) electrons. The molecule has 0 atom stereocenters. The Bertz CT molecular complexity index is 7550. The van der Waals surface area contributed by atoms with Gasteiger partial charge >= 0.3 is 0 Å². The molecule has 0 bridgehead atoms. The average Bonchev–Trinajstić information content (AvgIpc) is 1.51. The summed E-state index contributed by atoms with van der Waals surface area (Å²) in [6.45, 7) is 17.0. The number of aryl methyl sites for hydroxylation is 8. The first-order valence-electron chi connectivity index (χ1n) is 43.1. The fourth-order valence-electron chi connectivity index (χ4n) is 19.3. The van der Waals surface area contributed by atoms with Gasteiger partial charge in [0.05, 0.1) is 78.0 Å². The van der Waals surface area contributed by atoms with Gasteiger partial charge < -0.3 is 18.3 Å². The first-order valence-corrected chi connectivity index (χ1v) is 43.1. The second-order valence-electron chi connectivity index (χ2n) is 34.4. The minimum Gasteiger partial charge on any atom is -0.306 e. The Morgan fingerprint density at radius 2 is 0.325 bits per heavy atom. The fraction of sp³-hybridized carbons (Fsp3) is 0.0672. The van der Waals surface area contributed by atoms with Crippen LogP contribution in [0.5, 0.6) is 0 Å². The normalized spacial score (nSPS) is 11.6. The fourth-order valence-corrected chi connectivity index (χ4v) is 19.3. The zero-order chi connectivity index (χ0) is 85.4. The molecule has 594 valence electrons. The highest BCUT2D eigenvalue weighted by Gasteiger charge is 2.37. The number of hydrogen-bond donors (Lipinski definition) is 0. The molecule has 22 rings (SSSR count). The van der Waals surface area contributed by atoms with Crippen molar-refractivity contribution >= 4 is 87.2 Å². The van der Waals surface area contributed by atoms with Crippen LogP contribution in [0.4, 0.5) is 0 Å². The lowest BCUT2D eigenvalue weighted by atomic mass is 9.91. The highest BCUT2D eigenvalue weighted by Crippen LogP contribution is 2.54. The summed E-state index contributed by atoms with van der Waals surface area (Å²) < 4.78 is 9.68. The van der Waals surface area contributed by atoms with Gasteiger partial charge in [-0.05, 0) is 259 Å². The molecule has 4 heterocycles. The van der Waals surface area contributed by atoms with Gasteiger partial charge in [0.25, 0.3) is 0 Å². The van der Waals surface area contributed by atoms with Crippen LogP contribution in [0.15, 0.2) is 358 Å². The van der Waals surface area contributed by atoms with E-state index in [4.69, 9.17) is 0 Å². The molecule has 126 heavy (non-hydrogen) atoms. The van der Waals surface area contributed by atoms with Crippen LogP contribution in [-0.4, -0.2) is 18.3 Å². The molecule has 18 aromatic carbocycles. The maximum atomic E-state index is 14.2. The molecule has 0 aliphatic carbocycles. The molecular formula is C119H83N7. The van der Waals surface area contributed by atoms with E-state index in [1.165, 1.54) is 44.5 Å². The zero-order valence-electron chi connectivity index (χ0n) is 71.2. The molecule has 4 aromatic heterocycles. The van der Waals surface area contributed by atoms with Crippen LogP contribution in [-0.2, 0) is 0 Å². The number of hydrogen-bond acceptors (Lipinski definition) is 3. The molecule has 7 heteroatoms. The van der Waals surface area contributed by atoms with Gasteiger partial charge in [-0.2, -0.15) is 15.8 Å². The summed E-state index contributed by atoms with van der Waals surface area (Å²) in [5, 5.41) is 45.3. The molecule has 22 aromatic rings. The standard InChI is InChI=1S/C119H83N7/c1-71-9-25-79(26-10-71)87-43-51-107-98(60-87)99-61-88(80-27-11-72(2)12-28-80)44-52-108(99)123(107)116-106(70-122)117(124-109-53-45-89(81-29-13-73(3)14-30-81)62-100(109)101-63-90(46-54-110(101)124)82-31-15-74(4)16-32-82)119(126-113-57-49-93(85-37-21-77(7)22-38-85)66-104(113)105-67-94(50-58-114(105)126)86-39-23-78(8)24-40-86)115(95-41-42-96(68-120)97(59-95)69-121)118(116)125-111-55-47-91(83-33-17-75(5)18-34-83)64-102(111)103-65-92(48-56-112(103)125)84-35-19-76(6)20-36-84/h9-67H,1-8H3. The van der Waals surface area contributed by atoms with E-state index >= 15 is 0 Å². The van der Waals surface area contributed by atoms with Gasteiger partial charge in [-0.1, -0.05) is 293 Å². The summed E-state index contributed by atoms with van der Waals surface area (Å²) in [4.78, 5) is 0. The Balaban J connectivity index is 1.01. The van der Waals surface area contributed by atoms with Crippen LogP contribution >= 0.6 is 0 Å². The van der Waals surface area contributed by atoms with E-state index in [1.54, 1.807) is 0 Å². The topological polar surface area (TPSA) is 91.1 Å². The highest BCUT2D eigenvalue weighted by molar-refractivity contribution is 6.20. The molecule has 0 aliphatic heterocycles. The third-order valence-electron chi connectivity index (χ3n) is 26.1. The zero-order valence-corrected chi connectivity index (χ0v) is 71.2. The van der Waals surface area contributed by atoms with Gasteiger partial charge in [0.2, 0.25) is 0 Å². The van der Waals surface area contributed by atoms with Crippen LogP contribution in [0.1, 0.15) is 61.2 Å². The van der Waals surface area contributed by atoms with Gasteiger partial charge in [-0.3, -0.25) is 0 Å². The quantitative estimate of drug-likeness (QED) is 0.115. The molecule has 0 amide bonds. The Morgan fingerprint density at radius 3 is 0.500 bits per heavy atom. The number of fused-ring (bicyclic) bond motifs is 12. The third-order valence-corrected chi connectivity index (χ3v) is 26.1. The molecule has 0 spiro atoms. The van der Waals surface area contributed by atoms with Crippen LogP contribution in [0.2, 0.25) is 0 Å². The van der Waals surface area contributed by atoms with Gasteiger partial charge in [0.15, 0.2) is 0 Å².